The first kappa shape index (κ1) is 11.6. The van der Waals surface area contributed by atoms with E-state index in [1.54, 1.807) is 0 Å². The number of rotatable bonds is 5. The molecular weight excluding hydrogens is 150 g/mol. The molecule has 0 aliphatic heterocycles. The first-order valence-corrected chi connectivity index (χ1v) is 4.53. The summed E-state index contributed by atoms with van der Waals surface area (Å²) in [4.78, 5) is 12.7. The molecule has 1 unspecified atom stereocenters. The fourth-order valence-corrected chi connectivity index (χ4v) is 1.33. The molecule has 0 saturated carbocycles. The fourth-order valence-electron chi connectivity index (χ4n) is 1.33. The minimum absolute atomic E-state index is 0.102. The zero-order chi connectivity index (χ0) is 9.72. The van der Waals surface area contributed by atoms with Crippen molar-refractivity contribution in [3.63, 3.8) is 0 Å². The largest absolute Gasteiger partial charge is 0.303 e. The minimum atomic E-state index is -0.102. The first-order chi connectivity index (χ1) is 5.49. The zero-order valence-electron chi connectivity index (χ0n) is 8.58. The molecule has 0 aromatic heterocycles. The Morgan fingerprint density at radius 1 is 1.25 bits per heavy atom. The second kappa shape index (κ2) is 5.31. The number of aldehydes is 1. The predicted octanol–water partition coefficient (Wildman–Crippen LogP) is 1.75. The number of hydrogen-bond donors (Lipinski definition) is 0. The molecule has 12 heavy (non-hydrogen) atoms. The van der Waals surface area contributed by atoms with Gasteiger partial charge in [0.05, 0.1) is 0 Å². The van der Waals surface area contributed by atoms with Gasteiger partial charge in [0, 0.05) is 24.5 Å². The fraction of sp³-hybridized carbons (Fsp3) is 0.800. The number of carbonyl (C=O) groups excluding carboxylic acids is 1. The molecule has 0 aliphatic carbocycles. The van der Waals surface area contributed by atoms with Gasteiger partial charge in [-0.25, -0.2) is 0 Å². The van der Waals surface area contributed by atoms with Gasteiger partial charge >= 0.3 is 0 Å². The van der Waals surface area contributed by atoms with Crippen LogP contribution in [-0.2, 0) is 4.79 Å². The third kappa shape index (κ3) is 3.86. The van der Waals surface area contributed by atoms with Crippen LogP contribution in [0.1, 0.15) is 27.7 Å². The minimum Gasteiger partial charge on any atom is -0.303 e. The Bertz CT molecular complexity index is 124. The van der Waals surface area contributed by atoms with Crippen LogP contribution < -0.4 is 0 Å². The molecule has 0 aromatic rings. The van der Waals surface area contributed by atoms with E-state index in [2.05, 4.69) is 39.5 Å². The molecular formula is C10H20NO. The molecule has 0 N–H and O–H groups in total. The van der Waals surface area contributed by atoms with E-state index < -0.39 is 0 Å². The maximum absolute atomic E-state index is 10.4. The van der Waals surface area contributed by atoms with Gasteiger partial charge in [-0.3, -0.25) is 4.90 Å². The molecule has 0 rings (SSSR count). The van der Waals surface area contributed by atoms with Gasteiger partial charge in [-0.15, -0.1) is 0 Å². The highest BCUT2D eigenvalue weighted by molar-refractivity contribution is 5.54. The van der Waals surface area contributed by atoms with Crippen LogP contribution in [0, 0.1) is 12.8 Å². The Hall–Kier alpha value is -0.370. The average Bonchev–Trinajstić information content (AvgIpc) is 1.98. The van der Waals surface area contributed by atoms with Crippen LogP contribution in [0.2, 0.25) is 0 Å². The molecule has 1 atom stereocenters. The second-order valence-electron chi connectivity index (χ2n) is 3.78. The van der Waals surface area contributed by atoms with E-state index in [9.17, 15) is 4.79 Å². The zero-order valence-corrected chi connectivity index (χ0v) is 8.58. The Morgan fingerprint density at radius 3 is 1.92 bits per heavy atom. The highest BCUT2D eigenvalue weighted by atomic mass is 16.1. The van der Waals surface area contributed by atoms with Crippen molar-refractivity contribution in [3.05, 3.63) is 6.92 Å². The summed E-state index contributed by atoms with van der Waals surface area (Å²) in [5, 5.41) is 0. The van der Waals surface area contributed by atoms with Crippen LogP contribution in [0.4, 0.5) is 0 Å². The van der Waals surface area contributed by atoms with Gasteiger partial charge in [0.15, 0.2) is 0 Å². The molecule has 2 heteroatoms. The third-order valence-corrected chi connectivity index (χ3v) is 1.96. The molecule has 0 fully saturated rings. The Kier molecular flexibility index (Phi) is 5.14. The lowest BCUT2D eigenvalue weighted by Gasteiger charge is -2.31. The molecule has 2 nitrogen and oxygen atoms in total. The van der Waals surface area contributed by atoms with E-state index in [-0.39, 0.29) is 5.92 Å². The second-order valence-corrected chi connectivity index (χ2v) is 3.78. The Morgan fingerprint density at radius 2 is 1.67 bits per heavy atom. The Balaban J connectivity index is 4.04. The van der Waals surface area contributed by atoms with Crippen LogP contribution >= 0.6 is 0 Å². The van der Waals surface area contributed by atoms with E-state index in [1.165, 1.54) is 0 Å². The van der Waals surface area contributed by atoms with Gasteiger partial charge in [-0.2, -0.15) is 0 Å². The maximum Gasteiger partial charge on any atom is 0.124 e. The summed E-state index contributed by atoms with van der Waals surface area (Å²) in [7, 11) is 0. The molecule has 0 bridgehead atoms. The van der Waals surface area contributed by atoms with Crippen LogP contribution in [0.5, 0.6) is 0 Å². The maximum atomic E-state index is 10.4. The number of carbonyl (C=O) groups is 1. The molecule has 0 saturated heterocycles. The van der Waals surface area contributed by atoms with E-state index in [0.717, 1.165) is 12.8 Å². The van der Waals surface area contributed by atoms with Crippen LogP contribution in [0.25, 0.3) is 0 Å². The Labute approximate surface area is 75.9 Å². The lowest BCUT2D eigenvalue weighted by molar-refractivity contribution is -0.110. The molecule has 0 heterocycles. The highest BCUT2D eigenvalue weighted by Gasteiger charge is 2.15. The molecule has 0 aromatic carbocycles. The SMILES string of the molecule is [CH2]C(C=O)CN(C(C)C)C(C)C. The quantitative estimate of drug-likeness (QED) is 0.586. The topological polar surface area (TPSA) is 20.3 Å². The summed E-state index contributed by atoms with van der Waals surface area (Å²) in [6, 6.07) is 0.961. The number of nitrogens with zero attached hydrogens (tertiary/aromatic N) is 1. The summed E-state index contributed by atoms with van der Waals surface area (Å²) in [6.45, 7) is 13.1. The molecule has 71 valence electrons. The lowest BCUT2D eigenvalue weighted by atomic mass is 10.1. The van der Waals surface area contributed by atoms with Crippen molar-refractivity contribution in [1.82, 2.24) is 4.90 Å². The lowest BCUT2D eigenvalue weighted by Crippen LogP contribution is -2.40. The summed E-state index contributed by atoms with van der Waals surface area (Å²) in [5.74, 6) is -0.102. The summed E-state index contributed by atoms with van der Waals surface area (Å²) in [5.41, 5.74) is 0. The third-order valence-electron chi connectivity index (χ3n) is 1.96. The highest BCUT2D eigenvalue weighted by Crippen LogP contribution is 2.07. The molecule has 0 spiro atoms. The molecule has 0 aliphatic rings. The van der Waals surface area contributed by atoms with Gasteiger partial charge in [0.25, 0.3) is 0 Å². The smallest absolute Gasteiger partial charge is 0.124 e. The van der Waals surface area contributed by atoms with Crippen molar-refractivity contribution in [2.75, 3.05) is 6.54 Å². The van der Waals surface area contributed by atoms with Gasteiger partial charge in [-0.1, -0.05) is 0 Å². The first-order valence-electron chi connectivity index (χ1n) is 4.53. The molecule has 1 radical (unpaired) electrons. The van der Waals surface area contributed by atoms with Crippen LogP contribution in [0.15, 0.2) is 0 Å². The average molecular weight is 170 g/mol. The standard InChI is InChI=1S/C10H20NO/c1-8(2)11(9(3)4)6-10(5)7-12/h7-10H,5-6H2,1-4H3. The van der Waals surface area contributed by atoms with Crippen molar-refractivity contribution in [1.29, 1.82) is 0 Å². The van der Waals surface area contributed by atoms with E-state index in [4.69, 9.17) is 0 Å². The normalized spacial score (nSPS) is 14.3. The van der Waals surface area contributed by atoms with Gasteiger partial charge in [-0.05, 0) is 34.6 Å². The van der Waals surface area contributed by atoms with Crippen molar-refractivity contribution >= 4 is 6.29 Å². The van der Waals surface area contributed by atoms with Gasteiger partial charge in [0.1, 0.15) is 6.29 Å². The summed E-state index contributed by atoms with van der Waals surface area (Å²) < 4.78 is 0. The monoisotopic (exact) mass is 170 g/mol. The van der Waals surface area contributed by atoms with Crippen molar-refractivity contribution in [3.8, 4) is 0 Å². The summed E-state index contributed by atoms with van der Waals surface area (Å²) in [6.07, 6.45) is 0.914. The molecule has 0 amide bonds. The van der Waals surface area contributed by atoms with E-state index >= 15 is 0 Å². The van der Waals surface area contributed by atoms with Gasteiger partial charge in [0.2, 0.25) is 0 Å². The van der Waals surface area contributed by atoms with Crippen LogP contribution in [-0.4, -0.2) is 29.8 Å². The van der Waals surface area contributed by atoms with Crippen molar-refractivity contribution in [2.24, 2.45) is 5.92 Å². The predicted molar refractivity (Wildman–Crippen MR) is 51.9 cm³/mol. The van der Waals surface area contributed by atoms with E-state index in [0.29, 0.717) is 12.1 Å². The van der Waals surface area contributed by atoms with E-state index in [1.807, 2.05) is 0 Å². The van der Waals surface area contributed by atoms with Crippen molar-refractivity contribution < 1.29 is 4.79 Å². The van der Waals surface area contributed by atoms with Crippen LogP contribution in [0.3, 0.4) is 0 Å². The van der Waals surface area contributed by atoms with Gasteiger partial charge < -0.3 is 4.79 Å². The number of hydrogen-bond acceptors (Lipinski definition) is 2. The van der Waals surface area contributed by atoms with Crippen molar-refractivity contribution in [2.45, 2.75) is 39.8 Å². The summed E-state index contributed by atoms with van der Waals surface area (Å²) >= 11 is 0.